The summed E-state index contributed by atoms with van der Waals surface area (Å²) in [6.07, 6.45) is -2.16. The van der Waals surface area contributed by atoms with Gasteiger partial charge in [0, 0.05) is 6.20 Å². The van der Waals surface area contributed by atoms with Crippen LogP contribution in [-0.2, 0) is 12.6 Å². The maximum absolute atomic E-state index is 12.7. The first-order valence-electron chi connectivity index (χ1n) is 6.81. The predicted molar refractivity (Wildman–Crippen MR) is 75.8 cm³/mol. The minimum atomic E-state index is -4.31. The molecule has 1 unspecified atom stereocenters. The molecular formula is C16H17F3N2. The van der Waals surface area contributed by atoms with Crippen molar-refractivity contribution in [2.24, 2.45) is 0 Å². The number of aromatic nitrogens is 1. The monoisotopic (exact) mass is 294 g/mol. The Morgan fingerprint density at radius 1 is 1.14 bits per heavy atom. The van der Waals surface area contributed by atoms with Crippen LogP contribution in [0.1, 0.15) is 29.8 Å². The smallest absolute Gasteiger partial charge is 0.309 e. The maximum atomic E-state index is 12.7. The van der Waals surface area contributed by atoms with Crippen molar-refractivity contribution in [1.29, 1.82) is 0 Å². The number of benzene rings is 1. The van der Waals surface area contributed by atoms with Crippen LogP contribution < -0.4 is 5.32 Å². The molecule has 2 rings (SSSR count). The van der Waals surface area contributed by atoms with E-state index in [4.69, 9.17) is 0 Å². The highest BCUT2D eigenvalue weighted by Crippen LogP contribution is 2.30. The van der Waals surface area contributed by atoms with Crippen LogP contribution in [0.5, 0.6) is 0 Å². The summed E-state index contributed by atoms with van der Waals surface area (Å²) in [5.41, 5.74) is 0.856. The van der Waals surface area contributed by atoms with Gasteiger partial charge in [-0.15, -0.1) is 0 Å². The SMILES string of the molecule is CCNC(Cc1cccc(C(F)(F)F)c1)c1ccccn1. The molecule has 21 heavy (non-hydrogen) atoms. The summed E-state index contributed by atoms with van der Waals surface area (Å²) in [4.78, 5) is 4.28. The van der Waals surface area contributed by atoms with Gasteiger partial charge in [0.2, 0.25) is 0 Å². The molecule has 1 aromatic heterocycles. The van der Waals surface area contributed by atoms with E-state index >= 15 is 0 Å². The minimum Gasteiger partial charge on any atom is -0.309 e. The molecule has 0 saturated carbocycles. The number of halogens is 3. The Hall–Kier alpha value is -1.88. The molecule has 0 fully saturated rings. The molecule has 0 radical (unpaired) electrons. The van der Waals surface area contributed by atoms with Crippen molar-refractivity contribution in [2.45, 2.75) is 25.6 Å². The van der Waals surface area contributed by atoms with E-state index < -0.39 is 11.7 Å². The second-order valence-corrected chi connectivity index (χ2v) is 4.77. The Balaban J connectivity index is 2.21. The average Bonchev–Trinajstić information content (AvgIpc) is 2.47. The first-order valence-corrected chi connectivity index (χ1v) is 6.81. The van der Waals surface area contributed by atoms with Gasteiger partial charge >= 0.3 is 6.18 Å². The zero-order chi connectivity index (χ0) is 15.3. The molecule has 1 heterocycles. The first kappa shape index (κ1) is 15.5. The summed E-state index contributed by atoms with van der Waals surface area (Å²) in [6.45, 7) is 2.68. The van der Waals surface area contributed by atoms with Crippen molar-refractivity contribution in [3.8, 4) is 0 Å². The molecule has 0 spiro atoms. The number of hydrogen-bond donors (Lipinski definition) is 1. The highest BCUT2D eigenvalue weighted by Gasteiger charge is 2.30. The van der Waals surface area contributed by atoms with Crippen molar-refractivity contribution in [3.05, 3.63) is 65.5 Å². The van der Waals surface area contributed by atoms with Crippen molar-refractivity contribution < 1.29 is 13.2 Å². The molecule has 1 atom stereocenters. The lowest BCUT2D eigenvalue weighted by Crippen LogP contribution is -2.24. The number of hydrogen-bond acceptors (Lipinski definition) is 2. The third-order valence-electron chi connectivity index (χ3n) is 3.19. The van der Waals surface area contributed by atoms with E-state index in [1.54, 1.807) is 12.3 Å². The third-order valence-corrected chi connectivity index (χ3v) is 3.19. The molecule has 1 aromatic carbocycles. The fourth-order valence-electron chi connectivity index (χ4n) is 2.22. The van der Waals surface area contributed by atoms with E-state index in [9.17, 15) is 13.2 Å². The standard InChI is InChI=1S/C16H17F3N2/c1-2-20-15(14-8-3-4-9-21-14)11-12-6-5-7-13(10-12)16(17,18)19/h3-10,15,20H,2,11H2,1H3. The summed E-state index contributed by atoms with van der Waals surface area (Å²) >= 11 is 0. The summed E-state index contributed by atoms with van der Waals surface area (Å²) in [6, 6.07) is 10.9. The van der Waals surface area contributed by atoms with E-state index in [0.717, 1.165) is 18.3 Å². The van der Waals surface area contributed by atoms with Crippen LogP contribution in [0.25, 0.3) is 0 Å². The molecule has 2 aromatic rings. The number of pyridine rings is 1. The van der Waals surface area contributed by atoms with Gasteiger partial charge in [0.25, 0.3) is 0 Å². The van der Waals surface area contributed by atoms with Gasteiger partial charge in [-0.3, -0.25) is 4.98 Å². The van der Waals surface area contributed by atoms with Crippen LogP contribution in [0.15, 0.2) is 48.7 Å². The molecule has 0 saturated heterocycles. The van der Waals surface area contributed by atoms with Gasteiger partial charge in [0.1, 0.15) is 0 Å². The van der Waals surface area contributed by atoms with Crippen LogP contribution in [0.3, 0.4) is 0 Å². The number of rotatable bonds is 5. The van der Waals surface area contributed by atoms with E-state index in [-0.39, 0.29) is 6.04 Å². The average molecular weight is 294 g/mol. The van der Waals surface area contributed by atoms with E-state index in [2.05, 4.69) is 10.3 Å². The lowest BCUT2D eigenvalue weighted by Gasteiger charge is -2.18. The summed E-state index contributed by atoms with van der Waals surface area (Å²) in [5, 5.41) is 3.26. The Kier molecular flexibility index (Phi) is 4.96. The topological polar surface area (TPSA) is 24.9 Å². The molecule has 0 amide bonds. The molecule has 1 N–H and O–H groups in total. The van der Waals surface area contributed by atoms with Gasteiger partial charge in [-0.1, -0.05) is 31.2 Å². The van der Waals surface area contributed by atoms with E-state index in [1.165, 1.54) is 12.1 Å². The van der Waals surface area contributed by atoms with Gasteiger partial charge in [-0.2, -0.15) is 13.2 Å². The zero-order valence-corrected chi connectivity index (χ0v) is 11.7. The summed E-state index contributed by atoms with van der Waals surface area (Å²) < 4.78 is 38.2. The summed E-state index contributed by atoms with van der Waals surface area (Å²) in [7, 11) is 0. The molecule has 0 aliphatic carbocycles. The third kappa shape index (κ3) is 4.29. The number of alkyl halides is 3. The quantitative estimate of drug-likeness (QED) is 0.901. The normalized spacial score (nSPS) is 13.1. The zero-order valence-electron chi connectivity index (χ0n) is 11.7. The molecular weight excluding hydrogens is 277 g/mol. The molecule has 0 bridgehead atoms. The van der Waals surface area contributed by atoms with Gasteiger partial charge in [0.05, 0.1) is 17.3 Å². The van der Waals surface area contributed by atoms with Gasteiger partial charge in [0.15, 0.2) is 0 Å². The van der Waals surface area contributed by atoms with Crippen LogP contribution >= 0.6 is 0 Å². The molecule has 5 heteroatoms. The fraction of sp³-hybridized carbons (Fsp3) is 0.312. The molecule has 0 aliphatic heterocycles. The van der Waals surface area contributed by atoms with Crippen LogP contribution in [0.4, 0.5) is 13.2 Å². The Morgan fingerprint density at radius 3 is 2.57 bits per heavy atom. The Morgan fingerprint density at radius 2 is 1.95 bits per heavy atom. The van der Waals surface area contributed by atoms with Crippen molar-refractivity contribution >= 4 is 0 Å². The fourth-order valence-corrected chi connectivity index (χ4v) is 2.22. The first-order chi connectivity index (χ1) is 10.0. The second kappa shape index (κ2) is 6.72. The van der Waals surface area contributed by atoms with Crippen LogP contribution in [-0.4, -0.2) is 11.5 Å². The largest absolute Gasteiger partial charge is 0.416 e. The summed E-state index contributed by atoms with van der Waals surface area (Å²) in [5.74, 6) is 0. The maximum Gasteiger partial charge on any atom is 0.416 e. The van der Waals surface area contributed by atoms with Crippen molar-refractivity contribution in [3.63, 3.8) is 0 Å². The van der Waals surface area contributed by atoms with E-state index in [0.29, 0.717) is 12.0 Å². The van der Waals surface area contributed by atoms with Crippen LogP contribution in [0.2, 0.25) is 0 Å². The van der Waals surface area contributed by atoms with Crippen molar-refractivity contribution in [2.75, 3.05) is 6.54 Å². The predicted octanol–water partition coefficient (Wildman–Crippen LogP) is 3.99. The highest BCUT2D eigenvalue weighted by atomic mass is 19.4. The lowest BCUT2D eigenvalue weighted by atomic mass is 10.0. The van der Waals surface area contributed by atoms with Crippen molar-refractivity contribution in [1.82, 2.24) is 10.3 Å². The molecule has 2 nitrogen and oxygen atoms in total. The Labute approximate surface area is 122 Å². The highest BCUT2D eigenvalue weighted by molar-refractivity contribution is 5.27. The van der Waals surface area contributed by atoms with Gasteiger partial charge in [-0.25, -0.2) is 0 Å². The van der Waals surface area contributed by atoms with Gasteiger partial charge < -0.3 is 5.32 Å². The molecule has 0 aliphatic rings. The van der Waals surface area contributed by atoms with Crippen LogP contribution in [0, 0.1) is 0 Å². The minimum absolute atomic E-state index is 0.0975. The lowest BCUT2D eigenvalue weighted by molar-refractivity contribution is -0.137. The second-order valence-electron chi connectivity index (χ2n) is 4.77. The number of likely N-dealkylation sites (N-methyl/N-ethyl adjacent to an activating group) is 1. The van der Waals surface area contributed by atoms with Gasteiger partial charge in [-0.05, 0) is 36.7 Å². The number of nitrogens with zero attached hydrogens (tertiary/aromatic N) is 1. The molecule has 112 valence electrons. The van der Waals surface area contributed by atoms with E-state index in [1.807, 2.05) is 25.1 Å². The number of nitrogens with one attached hydrogen (secondary N) is 1. The Bertz CT molecular complexity index is 567.